The van der Waals surface area contributed by atoms with E-state index in [-0.39, 0.29) is 5.41 Å². The van der Waals surface area contributed by atoms with E-state index in [1.807, 2.05) is 0 Å². The maximum Gasteiger partial charge on any atom is 0.0686 e. The number of nitriles is 1. The van der Waals surface area contributed by atoms with Gasteiger partial charge < -0.3 is 0 Å². The zero-order chi connectivity index (χ0) is 7.61. The zero-order valence-corrected chi connectivity index (χ0v) is 6.85. The molecule has 2 atom stereocenters. The lowest BCUT2D eigenvalue weighted by Crippen LogP contribution is -2.07. The molecule has 0 spiro atoms. The molecule has 0 saturated heterocycles. The largest absolute Gasteiger partial charge is 0.198 e. The Morgan fingerprint density at radius 2 is 2.40 bits per heavy atom. The number of nitrogens with zero attached hydrogens (tertiary/aromatic N) is 1. The molecule has 0 unspecified atom stereocenters. The van der Waals surface area contributed by atoms with Crippen molar-refractivity contribution in [3.8, 4) is 6.07 Å². The molecule has 0 amide bonds. The van der Waals surface area contributed by atoms with Crippen LogP contribution in [-0.2, 0) is 0 Å². The number of rotatable bonds is 1. The molecular weight excluding hydrogens is 122 g/mol. The van der Waals surface area contributed by atoms with Gasteiger partial charge in [0.25, 0.3) is 0 Å². The van der Waals surface area contributed by atoms with E-state index in [1.54, 1.807) is 0 Å². The van der Waals surface area contributed by atoms with Crippen LogP contribution in [0.25, 0.3) is 0 Å². The van der Waals surface area contributed by atoms with Crippen LogP contribution in [0.3, 0.4) is 0 Å². The molecule has 1 aliphatic rings. The average molecular weight is 137 g/mol. The van der Waals surface area contributed by atoms with E-state index in [2.05, 4.69) is 19.9 Å². The summed E-state index contributed by atoms with van der Waals surface area (Å²) in [5.41, 5.74) is 0.0146. The van der Waals surface area contributed by atoms with Crippen LogP contribution in [0, 0.1) is 22.7 Å². The molecule has 1 fully saturated rings. The van der Waals surface area contributed by atoms with Crippen molar-refractivity contribution in [1.82, 2.24) is 0 Å². The normalized spacial score (nSPS) is 39.5. The van der Waals surface area contributed by atoms with Crippen LogP contribution in [0.5, 0.6) is 0 Å². The molecule has 0 aromatic heterocycles. The summed E-state index contributed by atoms with van der Waals surface area (Å²) in [6, 6.07) is 2.40. The van der Waals surface area contributed by atoms with E-state index in [1.165, 1.54) is 12.8 Å². The van der Waals surface area contributed by atoms with Crippen molar-refractivity contribution in [2.24, 2.45) is 11.3 Å². The first kappa shape index (κ1) is 7.60. The fraction of sp³-hybridized carbons (Fsp3) is 0.889. The monoisotopic (exact) mass is 137 g/mol. The fourth-order valence-corrected chi connectivity index (χ4v) is 1.81. The van der Waals surface area contributed by atoms with Gasteiger partial charge in [0.1, 0.15) is 0 Å². The third-order valence-electron chi connectivity index (χ3n) is 2.69. The van der Waals surface area contributed by atoms with E-state index < -0.39 is 0 Å². The fourth-order valence-electron chi connectivity index (χ4n) is 1.81. The smallest absolute Gasteiger partial charge is 0.0686 e. The van der Waals surface area contributed by atoms with E-state index in [9.17, 15) is 0 Å². The van der Waals surface area contributed by atoms with E-state index in [0.29, 0.717) is 0 Å². The van der Waals surface area contributed by atoms with Gasteiger partial charge in [-0.25, -0.2) is 0 Å². The van der Waals surface area contributed by atoms with Crippen molar-refractivity contribution in [1.29, 1.82) is 5.26 Å². The van der Waals surface area contributed by atoms with Crippen LogP contribution in [0.2, 0.25) is 0 Å². The molecule has 1 aliphatic carbocycles. The van der Waals surface area contributed by atoms with E-state index >= 15 is 0 Å². The molecule has 1 rings (SSSR count). The molecule has 0 aliphatic heterocycles. The van der Waals surface area contributed by atoms with Crippen molar-refractivity contribution >= 4 is 0 Å². The summed E-state index contributed by atoms with van der Waals surface area (Å²) < 4.78 is 0. The minimum atomic E-state index is 0.0146. The second kappa shape index (κ2) is 2.62. The Labute approximate surface area is 63.0 Å². The second-order valence-corrected chi connectivity index (χ2v) is 3.69. The first-order valence-electron chi connectivity index (χ1n) is 4.11. The molecule has 0 heterocycles. The molecule has 0 aromatic carbocycles. The highest BCUT2D eigenvalue weighted by Crippen LogP contribution is 2.41. The van der Waals surface area contributed by atoms with Crippen molar-refractivity contribution in [3.63, 3.8) is 0 Å². The molecule has 1 nitrogen and oxygen atoms in total. The average Bonchev–Trinajstić information content (AvgIpc) is 2.33. The summed E-state index contributed by atoms with van der Waals surface area (Å²) in [4.78, 5) is 0. The van der Waals surface area contributed by atoms with Gasteiger partial charge in [-0.1, -0.05) is 13.3 Å². The van der Waals surface area contributed by atoms with Gasteiger partial charge in [-0.2, -0.15) is 5.26 Å². The summed E-state index contributed by atoms with van der Waals surface area (Å²) >= 11 is 0. The van der Waals surface area contributed by atoms with Gasteiger partial charge in [0.15, 0.2) is 0 Å². The Balaban J connectivity index is 2.51. The van der Waals surface area contributed by atoms with Crippen LogP contribution >= 0.6 is 0 Å². The highest BCUT2D eigenvalue weighted by molar-refractivity contribution is 5.00. The van der Waals surface area contributed by atoms with Gasteiger partial charge in [0.2, 0.25) is 0 Å². The van der Waals surface area contributed by atoms with Crippen LogP contribution in [0.15, 0.2) is 0 Å². The third kappa shape index (κ3) is 1.31. The van der Waals surface area contributed by atoms with Crippen molar-refractivity contribution in [2.75, 3.05) is 0 Å². The standard InChI is InChI=1S/C9H15N/c1-3-8-4-5-9(2,6-8)7-10/h8H,3-6H2,1-2H3/t8-,9+/m1/s1. The quantitative estimate of drug-likeness (QED) is 0.545. The van der Waals surface area contributed by atoms with E-state index in [0.717, 1.165) is 18.8 Å². The second-order valence-electron chi connectivity index (χ2n) is 3.69. The Bertz CT molecular complexity index is 157. The zero-order valence-electron chi connectivity index (χ0n) is 6.85. The van der Waals surface area contributed by atoms with Crippen molar-refractivity contribution in [2.45, 2.75) is 39.5 Å². The third-order valence-corrected chi connectivity index (χ3v) is 2.69. The molecule has 10 heavy (non-hydrogen) atoms. The van der Waals surface area contributed by atoms with Crippen LogP contribution < -0.4 is 0 Å². The van der Waals surface area contributed by atoms with Crippen molar-refractivity contribution < 1.29 is 0 Å². The van der Waals surface area contributed by atoms with Gasteiger partial charge in [-0.05, 0) is 32.1 Å². The molecule has 1 saturated carbocycles. The van der Waals surface area contributed by atoms with Crippen LogP contribution in [-0.4, -0.2) is 0 Å². The molecule has 1 heteroatoms. The molecule has 0 aromatic rings. The SMILES string of the molecule is CC[C@@H]1CC[C@](C)(C#N)C1. The summed E-state index contributed by atoms with van der Waals surface area (Å²) in [5, 5.41) is 8.79. The summed E-state index contributed by atoms with van der Waals surface area (Å²) in [6.45, 7) is 4.30. The molecule has 0 N–H and O–H groups in total. The lowest BCUT2D eigenvalue weighted by Gasteiger charge is -2.12. The maximum absolute atomic E-state index is 8.79. The van der Waals surface area contributed by atoms with Gasteiger partial charge >= 0.3 is 0 Å². The highest BCUT2D eigenvalue weighted by atomic mass is 14.4. The molecule has 0 bridgehead atoms. The lowest BCUT2D eigenvalue weighted by atomic mass is 9.89. The first-order chi connectivity index (χ1) is 4.70. The number of hydrogen-bond donors (Lipinski definition) is 0. The van der Waals surface area contributed by atoms with Gasteiger partial charge in [-0.3, -0.25) is 0 Å². The molecular formula is C9H15N. The van der Waals surface area contributed by atoms with Crippen molar-refractivity contribution in [3.05, 3.63) is 0 Å². The summed E-state index contributed by atoms with van der Waals surface area (Å²) in [5.74, 6) is 0.824. The van der Waals surface area contributed by atoms with Gasteiger partial charge in [0, 0.05) is 0 Å². The van der Waals surface area contributed by atoms with Gasteiger partial charge in [-0.15, -0.1) is 0 Å². The summed E-state index contributed by atoms with van der Waals surface area (Å²) in [7, 11) is 0. The predicted octanol–water partition coefficient (Wildman–Crippen LogP) is 2.73. The van der Waals surface area contributed by atoms with E-state index in [4.69, 9.17) is 5.26 Å². The Kier molecular flexibility index (Phi) is 1.99. The Hall–Kier alpha value is -0.510. The topological polar surface area (TPSA) is 23.8 Å². The van der Waals surface area contributed by atoms with Gasteiger partial charge in [0.05, 0.1) is 11.5 Å². The summed E-state index contributed by atoms with van der Waals surface area (Å²) in [6.07, 6.45) is 4.75. The predicted molar refractivity (Wildman–Crippen MR) is 41.4 cm³/mol. The van der Waals surface area contributed by atoms with Crippen LogP contribution in [0.1, 0.15) is 39.5 Å². The molecule has 0 radical (unpaired) electrons. The minimum absolute atomic E-state index is 0.0146. The lowest BCUT2D eigenvalue weighted by molar-refractivity contribution is 0.422. The first-order valence-corrected chi connectivity index (χ1v) is 4.11. The maximum atomic E-state index is 8.79. The minimum Gasteiger partial charge on any atom is -0.198 e. The Morgan fingerprint density at radius 3 is 2.70 bits per heavy atom. The molecule has 56 valence electrons. The Morgan fingerprint density at radius 1 is 1.70 bits per heavy atom. The van der Waals surface area contributed by atoms with Crippen LogP contribution in [0.4, 0.5) is 0 Å². The highest BCUT2D eigenvalue weighted by Gasteiger charge is 2.33. The number of hydrogen-bond acceptors (Lipinski definition) is 1.